The van der Waals surface area contributed by atoms with Crippen molar-refractivity contribution in [1.82, 2.24) is 9.80 Å². The highest BCUT2D eigenvalue weighted by Crippen LogP contribution is 2.22. The van der Waals surface area contributed by atoms with Crippen LogP contribution in [0.15, 0.2) is 0 Å². The van der Waals surface area contributed by atoms with E-state index in [2.05, 4.69) is 4.90 Å². The van der Waals surface area contributed by atoms with Gasteiger partial charge in [0.05, 0.1) is 6.04 Å². The van der Waals surface area contributed by atoms with Gasteiger partial charge in [0.1, 0.15) is 5.60 Å². The Morgan fingerprint density at radius 1 is 1.42 bits per heavy atom. The van der Waals surface area contributed by atoms with Crippen molar-refractivity contribution in [3.8, 4) is 0 Å². The van der Waals surface area contributed by atoms with E-state index < -0.39 is 5.60 Å². The van der Waals surface area contributed by atoms with Crippen LogP contribution >= 0.6 is 0 Å². The standard InChI is InChI=1S/C14H29N3O2/c1-14(2,3)19-13(18)17-9-6-7-11(15)12(17)8-10-16(4)5/h11-12H,6-10,15H2,1-5H3/t11-,12+/m1/s1. The monoisotopic (exact) mass is 271 g/mol. The summed E-state index contributed by atoms with van der Waals surface area (Å²) < 4.78 is 5.48. The highest BCUT2D eigenvalue weighted by molar-refractivity contribution is 5.68. The SMILES string of the molecule is CN(C)CC[C@H]1[C@H](N)CCCN1C(=O)OC(C)(C)C. The van der Waals surface area contributed by atoms with Crippen molar-refractivity contribution in [3.05, 3.63) is 0 Å². The third kappa shape index (κ3) is 5.37. The van der Waals surface area contributed by atoms with Crippen LogP contribution in [0.3, 0.4) is 0 Å². The topological polar surface area (TPSA) is 58.8 Å². The summed E-state index contributed by atoms with van der Waals surface area (Å²) in [6.07, 6.45) is 2.61. The number of amides is 1. The summed E-state index contributed by atoms with van der Waals surface area (Å²) in [5.74, 6) is 0. The molecule has 0 unspecified atom stereocenters. The molecule has 1 fully saturated rings. The van der Waals surface area contributed by atoms with Crippen molar-refractivity contribution >= 4 is 6.09 Å². The molecule has 19 heavy (non-hydrogen) atoms. The Hall–Kier alpha value is -0.810. The van der Waals surface area contributed by atoms with Crippen molar-refractivity contribution in [2.75, 3.05) is 27.2 Å². The Bertz CT molecular complexity index is 300. The number of rotatable bonds is 3. The number of nitrogens with two attached hydrogens (primary N) is 1. The predicted octanol–water partition coefficient (Wildman–Crippen LogP) is 1.66. The molecular formula is C14H29N3O2. The van der Waals surface area contributed by atoms with Gasteiger partial charge in [-0.25, -0.2) is 4.79 Å². The van der Waals surface area contributed by atoms with Crippen LogP contribution in [-0.4, -0.2) is 60.8 Å². The van der Waals surface area contributed by atoms with E-state index in [0.29, 0.717) is 0 Å². The lowest BCUT2D eigenvalue weighted by molar-refractivity contribution is 0.00495. The van der Waals surface area contributed by atoms with E-state index in [1.54, 1.807) is 0 Å². The fraction of sp³-hybridized carbons (Fsp3) is 0.929. The second-order valence-corrected chi connectivity index (χ2v) is 6.64. The maximum absolute atomic E-state index is 12.2. The molecule has 1 aliphatic rings. The van der Waals surface area contributed by atoms with E-state index >= 15 is 0 Å². The van der Waals surface area contributed by atoms with Gasteiger partial charge in [0.2, 0.25) is 0 Å². The Morgan fingerprint density at radius 3 is 2.58 bits per heavy atom. The average Bonchev–Trinajstić information content (AvgIpc) is 2.24. The summed E-state index contributed by atoms with van der Waals surface area (Å²) in [5, 5.41) is 0. The van der Waals surface area contributed by atoms with Gasteiger partial charge < -0.3 is 20.3 Å². The summed E-state index contributed by atoms with van der Waals surface area (Å²) in [6.45, 7) is 7.36. The van der Waals surface area contributed by atoms with Gasteiger partial charge in [-0.3, -0.25) is 0 Å². The fourth-order valence-electron chi connectivity index (χ4n) is 2.39. The molecule has 0 saturated carbocycles. The molecule has 1 saturated heterocycles. The lowest BCUT2D eigenvalue weighted by Crippen LogP contribution is -2.55. The van der Waals surface area contributed by atoms with Crippen LogP contribution in [0.2, 0.25) is 0 Å². The summed E-state index contributed by atoms with van der Waals surface area (Å²) in [4.78, 5) is 16.2. The van der Waals surface area contributed by atoms with Crippen molar-refractivity contribution < 1.29 is 9.53 Å². The van der Waals surface area contributed by atoms with Crippen molar-refractivity contribution in [1.29, 1.82) is 0 Å². The van der Waals surface area contributed by atoms with Crippen molar-refractivity contribution in [2.45, 2.75) is 57.7 Å². The van der Waals surface area contributed by atoms with Gasteiger partial charge >= 0.3 is 6.09 Å². The van der Waals surface area contributed by atoms with Gasteiger partial charge in [-0.15, -0.1) is 0 Å². The fourth-order valence-corrected chi connectivity index (χ4v) is 2.39. The second-order valence-electron chi connectivity index (χ2n) is 6.64. The first-order valence-corrected chi connectivity index (χ1v) is 7.10. The second kappa shape index (κ2) is 6.57. The largest absolute Gasteiger partial charge is 0.444 e. The number of carbonyl (C=O) groups is 1. The smallest absolute Gasteiger partial charge is 0.410 e. The summed E-state index contributed by atoms with van der Waals surface area (Å²) in [5.41, 5.74) is 5.74. The number of ether oxygens (including phenoxy) is 1. The molecule has 1 heterocycles. The van der Waals surface area contributed by atoms with Gasteiger partial charge in [0.15, 0.2) is 0 Å². The minimum atomic E-state index is -0.454. The zero-order valence-corrected chi connectivity index (χ0v) is 13.0. The molecule has 112 valence electrons. The van der Waals surface area contributed by atoms with Crippen LogP contribution in [0.1, 0.15) is 40.0 Å². The van der Waals surface area contributed by atoms with E-state index in [1.807, 2.05) is 39.8 Å². The van der Waals surface area contributed by atoms with E-state index in [-0.39, 0.29) is 18.2 Å². The molecule has 5 nitrogen and oxygen atoms in total. The minimum absolute atomic E-state index is 0.0567. The number of carbonyl (C=O) groups excluding carboxylic acids is 1. The Kier molecular flexibility index (Phi) is 5.62. The first-order chi connectivity index (χ1) is 8.70. The minimum Gasteiger partial charge on any atom is -0.444 e. The predicted molar refractivity (Wildman–Crippen MR) is 77.1 cm³/mol. The molecule has 2 atom stereocenters. The maximum atomic E-state index is 12.2. The molecule has 1 amide bonds. The molecule has 0 spiro atoms. The molecule has 0 aromatic heterocycles. The number of nitrogens with zero attached hydrogens (tertiary/aromatic N) is 2. The lowest BCUT2D eigenvalue weighted by Gasteiger charge is -2.40. The van der Waals surface area contributed by atoms with E-state index in [4.69, 9.17) is 10.5 Å². The average molecular weight is 271 g/mol. The molecule has 0 bridgehead atoms. The highest BCUT2D eigenvalue weighted by atomic mass is 16.6. The zero-order valence-electron chi connectivity index (χ0n) is 13.0. The van der Waals surface area contributed by atoms with Crippen LogP contribution in [-0.2, 0) is 4.74 Å². The molecule has 2 N–H and O–H groups in total. The third-order valence-corrected chi connectivity index (χ3v) is 3.33. The van der Waals surface area contributed by atoms with Crippen LogP contribution in [0.5, 0.6) is 0 Å². The number of piperidine rings is 1. The first kappa shape index (κ1) is 16.2. The van der Waals surface area contributed by atoms with Crippen molar-refractivity contribution in [3.63, 3.8) is 0 Å². The molecular weight excluding hydrogens is 242 g/mol. The quantitative estimate of drug-likeness (QED) is 0.848. The molecule has 0 radical (unpaired) electrons. The lowest BCUT2D eigenvalue weighted by atomic mass is 9.94. The first-order valence-electron chi connectivity index (χ1n) is 7.10. The molecule has 0 aromatic rings. The van der Waals surface area contributed by atoms with E-state index in [1.165, 1.54) is 0 Å². The Labute approximate surface area is 117 Å². The van der Waals surface area contributed by atoms with Crippen molar-refractivity contribution in [2.24, 2.45) is 5.73 Å². The van der Waals surface area contributed by atoms with Crippen LogP contribution in [0.25, 0.3) is 0 Å². The molecule has 1 aliphatic heterocycles. The highest BCUT2D eigenvalue weighted by Gasteiger charge is 2.34. The van der Waals surface area contributed by atoms with Gasteiger partial charge in [-0.05, 0) is 60.7 Å². The number of hydrogen-bond acceptors (Lipinski definition) is 4. The summed E-state index contributed by atoms with van der Waals surface area (Å²) in [6, 6.07) is 0.146. The normalized spacial score (nSPS) is 24.7. The van der Waals surface area contributed by atoms with E-state index in [0.717, 1.165) is 32.4 Å². The molecule has 1 rings (SSSR count). The molecule has 0 aromatic carbocycles. The molecule has 0 aliphatic carbocycles. The zero-order chi connectivity index (χ0) is 14.6. The molecule has 5 heteroatoms. The summed E-state index contributed by atoms with van der Waals surface area (Å²) in [7, 11) is 4.07. The Morgan fingerprint density at radius 2 is 2.05 bits per heavy atom. The van der Waals surface area contributed by atoms with Gasteiger partial charge in [0.25, 0.3) is 0 Å². The maximum Gasteiger partial charge on any atom is 0.410 e. The Balaban J connectivity index is 2.68. The van der Waals surface area contributed by atoms with Gasteiger partial charge in [0, 0.05) is 12.6 Å². The van der Waals surface area contributed by atoms with Crippen LogP contribution < -0.4 is 5.73 Å². The van der Waals surface area contributed by atoms with E-state index in [9.17, 15) is 4.79 Å². The van der Waals surface area contributed by atoms with Gasteiger partial charge in [-0.2, -0.15) is 0 Å². The summed E-state index contributed by atoms with van der Waals surface area (Å²) >= 11 is 0. The van der Waals surface area contributed by atoms with Crippen LogP contribution in [0.4, 0.5) is 4.79 Å². The third-order valence-electron chi connectivity index (χ3n) is 3.33. The van der Waals surface area contributed by atoms with Crippen LogP contribution in [0, 0.1) is 0 Å². The number of hydrogen-bond donors (Lipinski definition) is 1. The number of likely N-dealkylation sites (tertiary alicyclic amines) is 1. The van der Waals surface area contributed by atoms with Gasteiger partial charge in [-0.1, -0.05) is 0 Å².